The molecule has 190 valence electrons. The molecule has 3 aromatic rings. The van der Waals surface area contributed by atoms with Crippen molar-refractivity contribution in [2.45, 2.75) is 49.4 Å². The van der Waals surface area contributed by atoms with Crippen LogP contribution in [0.15, 0.2) is 78.0 Å². The van der Waals surface area contributed by atoms with Crippen LogP contribution in [0.3, 0.4) is 0 Å². The number of sulfonamides is 1. The van der Waals surface area contributed by atoms with Gasteiger partial charge in [-0.15, -0.1) is 0 Å². The van der Waals surface area contributed by atoms with Gasteiger partial charge in [-0.25, -0.2) is 8.42 Å². The van der Waals surface area contributed by atoms with Crippen molar-refractivity contribution in [2.75, 3.05) is 6.54 Å². The molecule has 36 heavy (non-hydrogen) atoms. The summed E-state index contributed by atoms with van der Waals surface area (Å²) in [7, 11) is -3.78. The van der Waals surface area contributed by atoms with Crippen LogP contribution in [-0.4, -0.2) is 36.1 Å². The standard InChI is InChI=1S/C26H25F3N2O4S/c27-26(28,29)21-9-6-20(7-10-21)18-35-22-4-1-3-19(17-22)8-11-25(32)24-5-2-16-31(24)36(33,34)23-12-14-30-15-13-23/h1,3-4,6-7,9-10,12-15,17,24H,2,5,8,11,16,18H2/t24-/m0/s1. The first-order valence-corrected chi connectivity index (χ1v) is 12.9. The van der Waals surface area contributed by atoms with Crippen molar-refractivity contribution in [3.8, 4) is 5.75 Å². The maximum absolute atomic E-state index is 13.0. The average molecular weight is 519 g/mol. The predicted octanol–water partition coefficient (Wildman–Crippen LogP) is 5.03. The Morgan fingerprint density at radius 2 is 1.75 bits per heavy atom. The summed E-state index contributed by atoms with van der Waals surface area (Å²) in [6, 6.07) is 14.1. The lowest BCUT2D eigenvalue weighted by Gasteiger charge is -2.23. The summed E-state index contributed by atoms with van der Waals surface area (Å²) in [5.41, 5.74) is 0.724. The van der Waals surface area contributed by atoms with Crippen molar-refractivity contribution in [3.63, 3.8) is 0 Å². The van der Waals surface area contributed by atoms with Gasteiger partial charge in [0.15, 0.2) is 5.78 Å². The maximum atomic E-state index is 13.0. The summed E-state index contributed by atoms with van der Waals surface area (Å²) < 4.78 is 71.1. The lowest BCUT2D eigenvalue weighted by Crippen LogP contribution is -2.40. The molecular formula is C26H25F3N2O4S. The van der Waals surface area contributed by atoms with Crippen LogP contribution < -0.4 is 4.74 Å². The zero-order valence-electron chi connectivity index (χ0n) is 19.3. The number of aryl methyl sites for hydroxylation is 1. The van der Waals surface area contributed by atoms with Crippen LogP contribution in [0.4, 0.5) is 13.2 Å². The van der Waals surface area contributed by atoms with Gasteiger partial charge in [0.1, 0.15) is 12.4 Å². The van der Waals surface area contributed by atoms with E-state index in [2.05, 4.69) is 4.98 Å². The number of ketones is 1. The van der Waals surface area contributed by atoms with Gasteiger partial charge < -0.3 is 4.74 Å². The second-order valence-corrected chi connectivity index (χ2v) is 10.4. The van der Waals surface area contributed by atoms with E-state index in [1.807, 2.05) is 6.07 Å². The van der Waals surface area contributed by atoms with Crippen LogP contribution in [0.25, 0.3) is 0 Å². The first-order valence-electron chi connectivity index (χ1n) is 11.5. The number of pyridine rings is 1. The number of halogens is 3. The SMILES string of the molecule is O=C(CCc1cccc(OCc2ccc(C(F)(F)F)cc2)c1)[C@@H]1CCCN1S(=O)(=O)c1ccncc1. The van der Waals surface area contributed by atoms with E-state index in [0.29, 0.717) is 37.1 Å². The molecule has 0 N–H and O–H groups in total. The van der Waals surface area contributed by atoms with Crippen LogP contribution in [0.5, 0.6) is 5.75 Å². The highest BCUT2D eigenvalue weighted by atomic mass is 32.2. The van der Waals surface area contributed by atoms with Crippen LogP contribution >= 0.6 is 0 Å². The van der Waals surface area contributed by atoms with Gasteiger partial charge in [0.25, 0.3) is 0 Å². The molecule has 0 bridgehead atoms. The van der Waals surface area contributed by atoms with E-state index in [1.165, 1.54) is 41.0 Å². The summed E-state index contributed by atoms with van der Waals surface area (Å²) in [5.74, 6) is 0.392. The monoisotopic (exact) mass is 518 g/mol. The van der Waals surface area contributed by atoms with Gasteiger partial charge in [-0.3, -0.25) is 9.78 Å². The number of hydrogen-bond acceptors (Lipinski definition) is 5. The molecule has 2 aromatic carbocycles. The molecule has 1 aliphatic rings. The summed E-state index contributed by atoms with van der Waals surface area (Å²) in [6.07, 6.45) is 0.126. The molecule has 0 amide bonds. The third kappa shape index (κ3) is 6.11. The largest absolute Gasteiger partial charge is 0.489 e. The number of Topliss-reactive ketones (excluding diaryl/α,β-unsaturated/α-hetero) is 1. The van der Waals surface area contributed by atoms with Gasteiger partial charge in [-0.2, -0.15) is 17.5 Å². The summed E-state index contributed by atoms with van der Waals surface area (Å²) in [6.45, 7) is 0.402. The minimum atomic E-state index is -4.39. The topological polar surface area (TPSA) is 76.6 Å². The smallest absolute Gasteiger partial charge is 0.416 e. The number of alkyl halides is 3. The molecule has 6 nitrogen and oxygen atoms in total. The maximum Gasteiger partial charge on any atom is 0.416 e. The lowest BCUT2D eigenvalue weighted by molar-refractivity contribution is -0.137. The fourth-order valence-electron chi connectivity index (χ4n) is 4.18. The first kappa shape index (κ1) is 25.8. The molecule has 0 spiro atoms. The third-order valence-corrected chi connectivity index (χ3v) is 8.00. The zero-order valence-corrected chi connectivity index (χ0v) is 20.1. The molecule has 1 atom stereocenters. The molecule has 0 unspecified atom stereocenters. The molecule has 1 fully saturated rings. The molecule has 0 radical (unpaired) electrons. The van der Waals surface area contributed by atoms with Crippen molar-refractivity contribution in [1.29, 1.82) is 0 Å². The van der Waals surface area contributed by atoms with E-state index >= 15 is 0 Å². The number of ether oxygens (including phenoxy) is 1. The second kappa shape index (κ2) is 10.8. The van der Waals surface area contributed by atoms with Crippen molar-refractivity contribution in [1.82, 2.24) is 9.29 Å². The van der Waals surface area contributed by atoms with Crippen LogP contribution in [-0.2, 0) is 34.0 Å². The lowest BCUT2D eigenvalue weighted by atomic mass is 10.0. The Bertz CT molecular complexity index is 1300. The van der Waals surface area contributed by atoms with E-state index in [1.54, 1.807) is 18.2 Å². The summed E-state index contributed by atoms with van der Waals surface area (Å²) >= 11 is 0. The van der Waals surface area contributed by atoms with Gasteiger partial charge in [0.2, 0.25) is 10.0 Å². The molecule has 1 aliphatic heterocycles. The van der Waals surface area contributed by atoms with E-state index in [0.717, 1.165) is 17.7 Å². The third-order valence-electron chi connectivity index (χ3n) is 6.08. The first-order chi connectivity index (χ1) is 17.1. The number of aromatic nitrogens is 1. The molecule has 2 heterocycles. The normalized spacial score (nSPS) is 16.7. The number of carbonyl (C=O) groups excluding carboxylic acids is 1. The van der Waals surface area contributed by atoms with Gasteiger partial charge >= 0.3 is 6.18 Å². The van der Waals surface area contributed by atoms with Crippen LogP contribution in [0, 0.1) is 0 Å². The Labute approximate surface area is 207 Å². The van der Waals surface area contributed by atoms with Crippen molar-refractivity contribution in [3.05, 3.63) is 89.7 Å². The summed E-state index contributed by atoms with van der Waals surface area (Å²) in [5, 5.41) is 0. The molecule has 0 aliphatic carbocycles. The highest BCUT2D eigenvalue weighted by Gasteiger charge is 2.38. The molecule has 4 rings (SSSR count). The van der Waals surface area contributed by atoms with E-state index in [-0.39, 0.29) is 23.7 Å². The van der Waals surface area contributed by atoms with Crippen molar-refractivity contribution >= 4 is 15.8 Å². The Kier molecular flexibility index (Phi) is 7.75. The van der Waals surface area contributed by atoms with Gasteiger partial charge in [-0.05, 0) is 66.8 Å². The van der Waals surface area contributed by atoms with Gasteiger partial charge in [0, 0.05) is 25.4 Å². The molecule has 1 aromatic heterocycles. The molecule has 0 saturated carbocycles. The van der Waals surface area contributed by atoms with E-state index in [4.69, 9.17) is 4.74 Å². The van der Waals surface area contributed by atoms with Crippen molar-refractivity contribution in [2.24, 2.45) is 0 Å². The Hall–Kier alpha value is -3.24. The Morgan fingerprint density at radius 3 is 2.44 bits per heavy atom. The van der Waals surface area contributed by atoms with Gasteiger partial charge in [0.05, 0.1) is 16.5 Å². The fourth-order valence-corrected chi connectivity index (χ4v) is 5.84. The number of benzene rings is 2. The van der Waals surface area contributed by atoms with Gasteiger partial charge in [-0.1, -0.05) is 24.3 Å². The van der Waals surface area contributed by atoms with Crippen molar-refractivity contribution < 1.29 is 31.1 Å². The highest BCUT2D eigenvalue weighted by Crippen LogP contribution is 2.30. The minimum Gasteiger partial charge on any atom is -0.489 e. The highest BCUT2D eigenvalue weighted by molar-refractivity contribution is 7.89. The van der Waals surface area contributed by atoms with E-state index < -0.39 is 27.8 Å². The van der Waals surface area contributed by atoms with Crippen LogP contribution in [0.2, 0.25) is 0 Å². The predicted molar refractivity (Wildman–Crippen MR) is 127 cm³/mol. The average Bonchev–Trinajstić information content (AvgIpc) is 3.38. The quantitative estimate of drug-likeness (QED) is 0.397. The number of carbonyl (C=O) groups is 1. The molecular weight excluding hydrogens is 493 g/mol. The number of rotatable bonds is 9. The number of nitrogens with zero attached hydrogens (tertiary/aromatic N) is 2. The zero-order chi connectivity index (χ0) is 25.8. The minimum absolute atomic E-state index is 0.102. The molecule has 10 heteroatoms. The summed E-state index contributed by atoms with van der Waals surface area (Å²) in [4.78, 5) is 16.9. The Balaban J connectivity index is 1.34. The number of hydrogen-bond donors (Lipinski definition) is 0. The Morgan fingerprint density at radius 1 is 1.03 bits per heavy atom. The second-order valence-electron chi connectivity index (χ2n) is 8.55. The molecule has 1 saturated heterocycles. The van der Waals surface area contributed by atoms with E-state index in [9.17, 15) is 26.4 Å². The fraction of sp³-hybridized carbons (Fsp3) is 0.308. The van der Waals surface area contributed by atoms with Crippen LogP contribution in [0.1, 0.15) is 36.0 Å².